The van der Waals surface area contributed by atoms with Gasteiger partial charge in [0.15, 0.2) is 5.16 Å². The first-order valence-corrected chi connectivity index (χ1v) is 12.5. The van der Waals surface area contributed by atoms with Gasteiger partial charge in [-0.3, -0.25) is 18.6 Å². The number of anilines is 1. The number of aromatic nitrogens is 4. The first-order valence-electron chi connectivity index (χ1n) is 10.6. The SMILES string of the molecule is O=C(CSc1nnc2n(Cc3ccco3)c(=O)c3sccc3n12)Nc1ccc2c(c1)CCC2. The van der Waals surface area contributed by atoms with Crippen molar-refractivity contribution < 1.29 is 9.21 Å². The van der Waals surface area contributed by atoms with Gasteiger partial charge in [0.1, 0.15) is 10.5 Å². The van der Waals surface area contributed by atoms with Gasteiger partial charge in [0.05, 0.1) is 24.1 Å². The Labute approximate surface area is 196 Å². The second kappa shape index (κ2) is 8.20. The minimum absolute atomic E-state index is 0.111. The normalized spacial score (nSPS) is 13.1. The summed E-state index contributed by atoms with van der Waals surface area (Å²) in [6, 6.07) is 11.6. The predicted octanol–water partition coefficient (Wildman–Crippen LogP) is 3.97. The molecular weight excluding hydrogens is 458 g/mol. The number of amides is 1. The second-order valence-corrected chi connectivity index (χ2v) is 9.76. The van der Waals surface area contributed by atoms with Crippen LogP contribution < -0.4 is 10.9 Å². The lowest BCUT2D eigenvalue weighted by molar-refractivity contribution is -0.113. The van der Waals surface area contributed by atoms with E-state index in [1.165, 1.54) is 40.6 Å². The zero-order chi connectivity index (χ0) is 22.4. The van der Waals surface area contributed by atoms with Crippen molar-refractivity contribution in [1.29, 1.82) is 0 Å². The molecule has 0 saturated heterocycles. The molecule has 5 aromatic rings. The molecule has 1 N–H and O–H groups in total. The molecule has 8 nitrogen and oxygen atoms in total. The fourth-order valence-corrected chi connectivity index (χ4v) is 5.84. The van der Waals surface area contributed by atoms with Crippen LogP contribution in [0.25, 0.3) is 16.0 Å². The van der Waals surface area contributed by atoms with Crippen LogP contribution in [0.15, 0.2) is 62.4 Å². The molecule has 0 fully saturated rings. The molecule has 10 heteroatoms. The van der Waals surface area contributed by atoms with Crippen molar-refractivity contribution in [3.63, 3.8) is 0 Å². The smallest absolute Gasteiger partial charge is 0.273 e. The van der Waals surface area contributed by atoms with Crippen LogP contribution in [0.3, 0.4) is 0 Å². The van der Waals surface area contributed by atoms with Gasteiger partial charge < -0.3 is 9.73 Å². The number of furan rings is 1. The Hall–Kier alpha value is -3.37. The summed E-state index contributed by atoms with van der Waals surface area (Å²) in [6.07, 6.45) is 4.92. The average molecular weight is 478 g/mol. The zero-order valence-electron chi connectivity index (χ0n) is 17.5. The Bertz CT molecular complexity index is 1550. The number of fused-ring (bicyclic) bond motifs is 4. The Balaban J connectivity index is 1.28. The number of carbonyl (C=O) groups is 1. The highest BCUT2D eigenvalue weighted by atomic mass is 32.2. The van der Waals surface area contributed by atoms with Crippen LogP contribution in [-0.4, -0.2) is 30.8 Å². The lowest BCUT2D eigenvalue weighted by Gasteiger charge is -2.09. The molecule has 4 heterocycles. The number of nitrogens with zero attached hydrogens (tertiary/aromatic N) is 4. The highest BCUT2D eigenvalue weighted by Crippen LogP contribution is 2.27. The van der Waals surface area contributed by atoms with E-state index in [0.717, 1.165) is 24.0 Å². The number of hydrogen-bond donors (Lipinski definition) is 1. The van der Waals surface area contributed by atoms with Crippen LogP contribution in [0.5, 0.6) is 0 Å². The minimum Gasteiger partial charge on any atom is -0.467 e. The number of carbonyl (C=O) groups excluding carboxylic acids is 1. The molecule has 1 aliphatic carbocycles. The summed E-state index contributed by atoms with van der Waals surface area (Å²) in [5, 5.41) is 14.0. The summed E-state index contributed by atoms with van der Waals surface area (Å²) in [7, 11) is 0. The van der Waals surface area contributed by atoms with Crippen LogP contribution in [0.1, 0.15) is 23.3 Å². The van der Waals surface area contributed by atoms with Gasteiger partial charge >= 0.3 is 0 Å². The van der Waals surface area contributed by atoms with Crippen molar-refractivity contribution in [2.75, 3.05) is 11.1 Å². The van der Waals surface area contributed by atoms with Crippen molar-refractivity contribution >= 4 is 50.7 Å². The fraction of sp³-hybridized carbons (Fsp3) is 0.217. The van der Waals surface area contributed by atoms with Crippen molar-refractivity contribution in [2.24, 2.45) is 0 Å². The summed E-state index contributed by atoms with van der Waals surface area (Å²) in [5.41, 5.74) is 4.11. The highest BCUT2D eigenvalue weighted by Gasteiger charge is 2.19. The van der Waals surface area contributed by atoms with Crippen molar-refractivity contribution in [2.45, 2.75) is 31.0 Å². The van der Waals surface area contributed by atoms with Crippen molar-refractivity contribution in [3.8, 4) is 0 Å². The third kappa shape index (κ3) is 3.65. The first-order chi connectivity index (χ1) is 16.2. The van der Waals surface area contributed by atoms with Gasteiger partial charge in [0.25, 0.3) is 5.56 Å². The molecule has 33 heavy (non-hydrogen) atoms. The van der Waals surface area contributed by atoms with Gasteiger partial charge in [-0.25, -0.2) is 0 Å². The van der Waals surface area contributed by atoms with Crippen LogP contribution >= 0.6 is 23.1 Å². The maximum absolute atomic E-state index is 13.1. The molecular formula is C23H19N5O3S2. The van der Waals surface area contributed by atoms with Crippen LogP contribution in [0, 0.1) is 0 Å². The number of hydrogen-bond acceptors (Lipinski definition) is 7. The van der Waals surface area contributed by atoms with Gasteiger partial charge in [0.2, 0.25) is 11.7 Å². The molecule has 1 aromatic carbocycles. The van der Waals surface area contributed by atoms with E-state index < -0.39 is 0 Å². The molecule has 0 atom stereocenters. The van der Waals surface area contributed by atoms with E-state index in [9.17, 15) is 9.59 Å². The van der Waals surface area contributed by atoms with E-state index in [4.69, 9.17) is 4.42 Å². The molecule has 0 aliphatic heterocycles. The summed E-state index contributed by atoms with van der Waals surface area (Å²) in [4.78, 5) is 25.7. The highest BCUT2D eigenvalue weighted by molar-refractivity contribution is 7.99. The third-order valence-corrected chi connectivity index (χ3v) is 7.61. The minimum atomic E-state index is -0.137. The summed E-state index contributed by atoms with van der Waals surface area (Å²) >= 11 is 2.67. The molecule has 0 bridgehead atoms. The number of nitrogens with one attached hydrogen (secondary N) is 1. The molecule has 0 spiro atoms. The number of aryl methyl sites for hydroxylation is 2. The van der Waals surface area contributed by atoms with E-state index in [0.29, 0.717) is 21.4 Å². The molecule has 6 rings (SSSR count). The fourth-order valence-electron chi connectivity index (χ4n) is 4.27. The molecule has 0 radical (unpaired) electrons. The third-order valence-electron chi connectivity index (χ3n) is 5.79. The molecule has 0 saturated carbocycles. The average Bonchev–Trinajstić information content (AvgIpc) is 3.60. The number of rotatable bonds is 6. The van der Waals surface area contributed by atoms with Crippen LogP contribution in [0.4, 0.5) is 5.69 Å². The molecule has 4 aromatic heterocycles. The standard InChI is InChI=1S/C23H19N5O3S2/c29-19(24-16-7-6-14-3-1-4-15(14)11-16)13-33-23-26-25-22-27(12-17-5-2-9-31-17)21(30)20-18(28(22)23)8-10-32-20/h2,5-11H,1,3-4,12-13H2,(H,24,29). The van der Waals surface area contributed by atoms with Crippen molar-refractivity contribution in [3.05, 3.63) is 75.3 Å². The van der Waals surface area contributed by atoms with Gasteiger partial charge in [-0.2, -0.15) is 0 Å². The van der Waals surface area contributed by atoms with Crippen LogP contribution in [-0.2, 0) is 24.2 Å². The Morgan fingerprint density at radius 1 is 1.18 bits per heavy atom. The number of thiophene rings is 1. The maximum Gasteiger partial charge on any atom is 0.273 e. The van der Waals surface area contributed by atoms with Gasteiger partial charge in [-0.15, -0.1) is 21.5 Å². The van der Waals surface area contributed by atoms with Gasteiger partial charge in [0, 0.05) is 5.69 Å². The van der Waals surface area contributed by atoms with Crippen LogP contribution in [0.2, 0.25) is 0 Å². The Kier molecular flexibility index (Phi) is 5.03. The van der Waals surface area contributed by atoms with E-state index in [1.54, 1.807) is 16.9 Å². The first kappa shape index (κ1) is 20.3. The lowest BCUT2D eigenvalue weighted by Crippen LogP contribution is -2.23. The monoisotopic (exact) mass is 477 g/mol. The topological polar surface area (TPSA) is 94.4 Å². The summed E-state index contributed by atoms with van der Waals surface area (Å²) in [6.45, 7) is 0.255. The summed E-state index contributed by atoms with van der Waals surface area (Å²) in [5.74, 6) is 1.14. The maximum atomic E-state index is 13.1. The molecule has 0 unspecified atom stereocenters. The van der Waals surface area contributed by atoms with Crippen molar-refractivity contribution in [1.82, 2.24) is 19.2 Å². The zero-order valence-corrected chi connectivity index (χ0v) is 19.1. The molecule has 166 valence electrons. The quantitative estimate of drug-likeness (QED) is 0.372. The largest absolute Gasteiger partial charge is 0.467 e. The summed E-state index contributed by atoms with van der Waals surface area (Å²) < 4.78 is 9.43. The van der Waals surface area contributed by atoms with E-state index >= 15 is 0 Å². The second-order valence-electron chi connectivity index (χ2n) is 7.90. The lowest BCUT2D eigenvalue weighted by atomic mass is 10.1. The number of thioether (sulfide) groups is 1. The van der Waals surface area contributed by atoms with Gasteiger partial charge in [-0.05, 0) is 66.1 Å². The van der Waals surface area contributed by atoms with E-state index in [1.807, 2.05) is 28.0 Å². The van der Waals surface area contributed by atoms with E-state index in [2.05, 4.69) is 27.6 Å². The van der Waals surface area contributed by atoms with Gasteiger partial charge in [-0.1, -0.05) is 17.8 Å². The molecule has 1 aliphatic rings. The van der Waals surface area contributed by atoms with E-state index in [-0.39, 0.29) is 23.8 Å². The number of benzene rings is 1. The predicted molar refractivity (Wildman–Crippen MR) is 128 cm³/mol. The molecule has 1 amide bonds. The Morgan fingerprint density at radius 2 is 2.09 bits per heavy atom. The Morgan fingerprint density at radius 3 is 2.97 bits per heavy atom.